The molecule has 1 heterocycles. The number of benzene rings is 1. The summed E-state index contributed by atoms with van der Waals surface area (Å²) in [6, 6.07) is 5.06. The van der Waals surface area contributed by atoms with E-state index in [1.54, 1.807) is 18.2 Å². The summed E-state index contributed by atoms with van der Waals surface area (Å²) in [7, 11) is 0. The second kappa shape index (κ2) is 6.64. The molecule has 7 nitrogen and oxygen atoms in total. The van der Waals surface area contributed by atoms with Crippen LogP contribution in [0.5, 0.6) is 0 Å². The zero-order chi connectivity index (χ0) is 15.4. The smallest absolute Gasteiger partial charge is 0.269 e. The van der Waals surface area contributed by atoms with E-state index in [1.807, 2.05) is 6.92 Å². The Morgan fingerprint density at radius 1 is 1.57 bits per heavy atom. The van der Waals surface area contributed by atoms with Crippen LogP contribution >= 0.6 is 27.5 Å². The van der Waals surface area contributed by atoms with Gasteiger partial charge < -0.3 is 16.3 Å². The van der Waals surface area contributed by atoms with Gasteiger partial charge in [0.25, 0.3) is 5.91 Å². The predicted octanol–water partition coefficient (Wildman–Crippen LogP) is 2.21. The molecule has 0 fully saturated rings. The van der Waals surface area contributed by atoms with Gasteiger partial charge in [0.15, 0.2) is 5.84 Å². The fraction of sp³-hybridized carbons (Fsp3) is 0.167. The van der Waals surface area contributed by atoms with Crippen molar-refractivity contribution in [2.75, 3.05) is 5.32 Å². The number of amidine groups is 1. The summed E-state index contributed by atoms with van der Waals surface area (Å²) in [5.74, 6) is -0.416. The van der Waals surface area contributed by atoms with E-state index in [2.05, 4.69) is 36.0 Å². The highest BCUT2D eigenvalue weighted by Gasteiger charge is 2.17. The number of aryl methyl sites for hydroxylation is 1. The molecular weight excluding hydrogens is 358 g/mol. The number of hydrogen-bond donors (Lipinski definition) is 3. The molecule has 9 heteroatoms. The van der Waals surface area contributed by atoms with Crippen molar-refractivity contribution < 1.29 is 10.0 Å². The van der Waals surface area contributed by atoms with Gasteiger partial charge in [0.2, 0.25) is 0 Å². The zero-order valence-electron chi connectivity index (χ0n) is 11.0. The molecule has 2 aromatic rings. The Bertz CT molecular complexity index is 701. The van der Waals surface area contributed by atoms with Gasteiger partial charge in [-0.3, -0.25) is 4.79 Å². The van der Waals surface area contributed by atoms with E-state index in [4.69, 9.17) is 10.9 Å². The molecule has 0 atom stereocenters. The van der Waals surface area contributed by atoms with Crippen LogP contribution in [0, 0.1) is 0 Å². The van der Waals surface area contributed by atoms with Gasteiger partial charge in [-0.15, -0.1) is 5.10 Å². The summed E-state index contributed by atoms with van der Waals surface area (Å²) in [5, 5.41) is 18.4. The van der Waals surface area contributed by atoms with Crippen molar-refractivity contribution in [3.8, 4) is 0 Å². The Morgan fingerprint density at radius 2 is 2.33 bits per heavy atom. The molecule has 0 aliphatic rings. The number of halogens is 1. The highest BCUT2D eigenvalue weighted by Crippen LogP contribution is 2.22. The molecule has 0 spiro atoms. The molecule has 1 amide bonds. The van der Waals surface area contributed by atoms with Crippen molar-refractivity contribution in [2.45, 2.75) is 13.3 Å². The molecule has 21 heavy (non-hydrogen) atoms. The first-order chi connectivity index (χ1) is 10.1. The van der Waals surface area contributed by atoms with Crippen LogP contribution in [0.1, 0.15) is 27.9 Å². The SMILES string of the molecule is CCc1nnsc1C(=O)Nc1ccc(Br)cc1/C(N)=N/O. The molecule has 0 radical (unpaired) electrons. The van der Waals surface area contributed by atoms with E-state index in [0.29, 0.717) is 28.2 Å². The lowest BCUT2D eigenvalue weighted by Crippen LogP contribution is -2.19. The van der Waals surface area contributed by atoms with Crippen LogP contribution in [0.4, 0.5) is 5.69 Å². The number of rotatable bonds is 4. The molecule has 0 unspecified atom stereocenters. The number of anilines is 1. The Morgan fingerprint density at radius 3 is 3.00 bits per heavy atom. The molecule has 0 aliphatic carbocycles. The summed E-state index contributed by atoms with van der Waals surface area (Å²) in [5.41, 5.74) is 7.11. The number of hydrogen-bond acceptors (Lipinski definition) is 6. The van der Waals surface area contributed by atoms with Crippen LogP contribution in [-0.2, 0) is 6.42 Å². The maximum atomic E-state index is 12.3. The van der Waals surface area contributed by atoms with Gasteiger partial charge in [-0.05, 0) is 36.2 Å². The Hall–Kier alpha value is -2.00. The highest BCUT2D eigenvalue weighted by atomic mass is 79.9. The normalized spacial score (nSPS) is 11.4. The van der Waals surface area contributed by atoms with Crippen molar-refractivity contribution in [1.82, 2.24) is 9.59 Å². The van der Waals surface area contributed by atoms with Gasteiger partial charge in [0, 0.05) is 10.0 Å². The minimum absolute atomic E-state index is 0.0928. The van der Waals surface area contributed by atoms with Crippen LogP contribution in [0.25, 0.3) is 0 Å². The quantitative estimate of drug-likeness (QED) is 0.331. The molecule has 0 bridgehead atoms. The maximum Gasteiger partial charge on any atom is 0.269 e. The van der Waals surface area contributed by atoms with Crippen molar-refractivity contribution in [3.05, 3.63) is 38.8 Å². The minimum atomic E-state index is -0.323. The summed E-state index contributed by atoms with van der Waals surface area (Å²) < 4.78 is 4.52. The number of nitrogens with zero attached hydrogens (tertiary/aromatic N) is 3. The minimum Gasteiger partial charge on any atom is -0.409 e. The van der Waals surface area contributed by atoms with E-state index in [9.17, 15) is 4.79 Å². The average Bonchev–Trinajstić information content (AvgIpc) is 2.96. The molecule has 0 aliphatic heterocycles. The third kappa shape index (κ3) is 3.37. The Labute approximate surface area is 133 Å². The lowest BCUT2D eigenvalue weighted by atomic mass is 10.1. The van der Waals surface area contributed by atoms with Crippen molar-refractivity contribution in [1.29, 1.82) is 0 Å². The predicted molar refractivity (Wildman–Crippen MR) is 83.9 cm³/mol. The third-order valence-corrected chi connectivity index (χ3v) is 3.97. The van der Waals surface area contributed by atoms with Crippen molar-refractivity contribution >= 4 is 44.9 Å². The van der Waals surface area contributed by atoms with Gasteiger partial charge in [-0.25, -0.2) is 0 Å². The largest absolute Gasteiger partial charge is 0.409 e. The molecule has 0 saturated heterocycles. The van der Waals surface area contributed by atoms with E-state index < -0.39 is 0 Å². The van der Waals surface area contributed by atoms with E-state index in [-0.39, 0.29) is 11.7 Å². The van der Waals surface area contributed by atoms with Gasteiger partial charge in [-0.2, -0.15) is 0 Å². The average molecular weight is 370 g/mol. The van der Waals surface area contributed by atoms with E-state index in [1.165, 1.54) is 0 Å². The van der Waals surface area contributed by atoms with Crippen molar-refractivity contribution in [3.63, 3.8) is 0 Å². The lowest BCUT2D eigenvalue weighted by molar-refractivity contribution is 0.102. The van der Waals surface area contributed by atoms with E-state index in [0.717, 1.165) is 16.0 Å². The molecule has 2 rings (SSSR count). The van der Waals surface area contributed by atoms with Crippen molar-refractivity contribution in [2.24, 2.45) is 10.9 Å². The first-order valence-electron chi connectivity index (χ1n) is 5.96. The summed E-state index contributed by atoms with van der Waals surface area (Å²) in [6.07, 6.45) is 0.618. The Kier molecular flexibility index (Phi) is 4.86. The van der Waals surface area contributed by atoms with Crippen LogP contribution in [0.3, 0.4) is 0 Å². The number of amides is 1. The fourth-order valence-corrected chi connectivity index (χ4v) is 2.69. The number of carbonyl (C=O) groups excluding carboxylic acids is 1. The summed E-state index contributed by atoms with van der Waals surface area (Å²) >= 11 is 4.33. The zero-order valence-corrected chi connectivity index (χ0v) is 13.4. The van der Waals surface area contributed by atoms with Gasteiger partial charge in [0.05, 0.1) is 11.4 Å². The molecule has 4 N–H and O–H groups in total. The second-order valence-electron chi connectivity index (χ2n) is 4.03. The van der Waals surface area contributed by atoms with Crippen LogP contribution in [-0.4, -0.2) is 26.5 Å². The first kappa shape index (κ1) is 15.4. The topological polar surface area (TPSA) is 113 Å². The second-order valence-corrected chi connectivity index (χ2v) is 5.70. The van der Waals surface area contributed by atoms with E-state index >= 15 is 0 Å². The molecule has 110 valence electrons. The lowest BCUT2D eigenvalue weighted by Gasteiger charge is -2.10. The Balaban J connectivity index is 2.34. The first-order valence-corrected chi connectivity index (χ1v) is 7.53. The van der Waals surface area contributed by atoms with Gasteiger partial charge in [-0.1, -0.05) is 32.5 Å². The number of carbonyl (C=O) groups is 1. The van der Waals surface area contributed by atoms with Gasteiger partial charge >= 0.3 is 0 Å². The standard InChI is InChI=1S/C12H12BrN5O2S/c1-2-8-10(21-18-16-8)12(19)15-9-4-3-6(13)5-7(9)11(14)17-20/h3-5,20H,2H2,1H3,(H2,14,17)(H,15,19). The number of nitrogens with one attached hydrogen (secondary N) is 1. The maximum absolute atomic E-state index is 12.3. The van der Waals surface area contributed by atoms with Gasteiger partial charge in [0.1, 0.15) is 4.88 Å². The van der Waals surface area contributed by atoms with Crippen LogP contribution in [0.15, 0.2) is 27.8 Å². The summed E-state index contributed by atoms with van der Waals surface area (Å²) in [4.78, 5) is 12.7. The molecular formula is C12H12BrN5O2S. The number of oxime groups is 1. The number of aromatic nitrogens is 2. The summed E-state index contributed by atoms with van der Waals surface area (Å²) in [6.45, 7) is 1.90. The fourth-order valence-electron chi connectivity index (χ4n) is 1.68. The monoisotopic (exact) mass is 369 g/mol. The number of nitrogens with two attached hydrogens (primary N) is 1. The third-order valence-electron chi connectivity index (χ3n) is 2.71. The molecule has 1 aromatic carbocycles. The molecule has 1 aromatic heterocycles. The molecule has 0 saturated carbocycles. The van der Waals surface area contributed by atoms with Crippen LogP contribution in [0.2, 0.25) is 0 Å². The highest BCUT2D eigenvalue weighted by molar-refractivity contribution is 9.10. The van der Waals surface area contributed by atoms with Crippen LogP contribution < -0.4 is 11.1 Å².